The fourth-order valence-electron chi connectivity index (χ4n) is 0.904. The molecule has 2 heteroatoms. The van der Waals surface area contributed by atoms with Crippen LogP contribution < -0.4 is 0 Å². The number of rotatable bonds is 4. The minimum absolute atomic E-state index is 0.0787. The Bertz CT molecular complexity index is 164. The van der Waals surface area contributed by atoms with Crippen LogP contribution in [0.25, 0.3) is 0 Å². The van der Waals surface area contributed by atoms with Crippen LogP contribution in [-0.2, 0) is 9.53 Å². The number of allylic oxidation sites excluding steroid dienone is 2. The highest BCUT2D eigenvalue weighted by molar-refractivity contribution is 5.69. The maximum Gasteiger partial charge on any atom is 0.306 e. The predicted molar refractivity (Wildman–Crippen MR) is 43.2 cm³/mol. The summed E-state index contributed by atoms with van der Waals surface area (Å²) in [6, 6.07) is 0. The van der Waals surface area contributed by atoms with Crippen molar-refractivity contribution < 1.29 is 9.53 Å². The molecule has 1 saturated carbocycles. The van der Waals surface area contributed by atoms with Crippen LogP contribution in [0.5, 0.6) is 0 Å². The predicted octanol–water partition coefficient (Wildman–Crippen LogP) is 2.05. The molecule has 0 heterocycles. The SMILES string of the molecule is CCOC(=O)CCC=C1CC1. The Morgan fingerprint density at radius 2 is 2.36 bits per heavy atom. The zero-order valence-corrected chi connectivity index (χ0v) is 6.93. The van der Waals surface area contributed by atoms with Gasteiger partial charge < -0.3 is 4.74 Å². The average Bonchev–Trinajstić information content (AvgIpc) is 2.72. The number of hydrogen-bond acceptors (Lipinski definition) is 2. The van der Waals surface area contributed by atoms with Gasteiger partial charge in [0.25, 0.3) is 0 Å². The molecular formula is C9H14O2. The second-order valence-corrected chi connectivity index (χ2v) is 2.71. The fourth-order valence-corrected chi connectivity index (χ4v) is 0.904. The van der Waals surface area contributed by atoms with Crippen molar-refractivity contribution in [2.24, 2.45) is 0 Å². The lowest BCUT2D eigenvalue weighted by atomic mass is 10.3. The molecule has 0 saturated heterocycles. The van der Waals surface area contributed by atoms with Gasteiger partial charge in [0.15, 0.2) is 0 Å². The van der Waals surface area contributed by atoms with E-state index in [1.165, 1.54) is 18.4 Å². The maximum atomic E-state index is 10.8. The first-order valence-corrected chi connectivity index (χ1v) is 4.16. The van der Waals surface area contributed by atoms with Gasteiger partial charge in [0.05, 0.1) is 6.61 Å². The van der Waals surface area contributed by atoms with Gasteiger partial charge in [0, 0.05) is 6.42 Å². The third-order valence-corrected chi connectivity index (χ3v) is 1.63. The monoisotopic (exact) mass is 154 g/mol. The lowest BCUT2D eigenvalue weighted by molar-refractivity contribution is -0.142. The van der Waals surface area contributed by atoms with Crippen LogP contribution in [0, 0.1) is 0 Å². The van der Waals surface area contributed by atoms with Gasteiger partial charge >= 0.3 is 5.97 Å². The summed E-state index contributed by atoms with van der Waals surface area (Å²) in [6.45, 7) is 2.33. The van der Waals surface area contributed by atoms with Gasteiger partial charge in [0.2, 0.25) is 0 Å². The van der Waals surface area contributed by atoms with Crippen molar-refractivity contribution in [2.45, 2.75) is 32.6 Å². The molecule has 0 amide bonds. The lowest BCUT2D eigenvalue weighted by Gasteiger charge is -1.97. The highest BCUT2D eigenvalue weighted by Crippen LogP contribution is 2.27. The molecular weight excluding hydrogens is 140 g/mol. The van der Waals surface area contributed by atoms with Crippen molar-refractivity contribution >= 4 is 5.97 Å². The summed E-state index contributed by atoms with van der Waals surface area (Å²) in [5.41, 5.74) is 1.49. The summed E-state index contributed by atoms with van der Waals surface area (Å²) in [5.74, 6) is -0.0787. The van der Waals surface area contributed by atoms with Gasteiger partial charge in [-0.2, -0.15) is 0 Å². The Kier molecular flexibility index (Phi) is 3.14. The van der Waals surface area contributed by atoms with E-state index in [1.807, 2.05) is 6.92 Å². The highest BCUT2D eigenvalue weighted by atomic mass is 16.5. The van der Waals surface area contributed by atoms with Gasteiger partial charge in [-0.15, -0.1) is 0 Å². The van der Waals surface area contributed by atoms with E-state index in [2.05, 4.69) is 6.08 Å². The Hall–Kier alpha value is -0.790. The Morgan fingerprint density at radius 3 is 2.91 bits per heavy atom. The first-order chi connectivity index (χ1) is 5.33. The van der Waals surface area contributed by atoms with Crippen LogP contribution in [-0.4, -0.2) is 12.6 Å². The van der Waals surface area contributed by atoms with Crippen LogP contribution >= 0.6 is 0 Å². The first kappa shape index (κ1) is 8.31. The van der Waals surface area contributed by atoms with Crippen LogP contribution in [0.3, 0.4) is 0 Å². The van der Waals surface area contributed by atoms with E-state index >= 15 is 0 Å². The summed E-state index contributed by atoms with van der Waals surface area (Å²) in [4.78, 5) is 10.8. The van der Waals surface area contributed by atoms with Gasteiger partial charge in [0.1, 0.15) is 0 Å². The summed E-state index contributed by atoms with van der Waals surface area (Å²) >= 11 is 0. The number of carbonyl (C=O) groups excluding carboxylic acids is 1. The third kappa shape index (κ3) is 3.81. The van der Waals surface area contributed by atoms with Gasteiger partial charge in [-0.05, 0) is 26.2 Å². The smallest absolute Gasteiger partial charge is 0.306 e. The molecule has 0 bridgehead atoms. The second-order valence-electron chi connectivity index (χ2n) is 2.71. The maximum absolute atomic E-state index is 10.8. The van der Waals surface area contributed by atoms with Crippen molar-refractivity contribution in [1.29, 1.82) is 0 Å². The summed E-state index contributed by atoms with van der Waals surface area (Å²) in [7, 11) is 0. The number of hydrogen-bond donors (Lipinski definition) is 0. The van der Waals surface area contributed by atoms with Crippen LogP contribution in [0.1, 0.15) is 32.6 Å². The van der Waals surface area contributed by atoms with E-state index < -0.39 is 0 Å². The molecule has 1 fully saturated rings. The minimum atomic E-state index is -0.0787. The average molecular weight is 154 g/mol. The molecule has 2 nitrogen and oxygen atoms in total. The van der Waals surface area contributed by atoms with Crippen molar-refractivity contribution in [1.82, 2.24) is 0 Å². The largest absolute Gasteiger partial charge is 0.466 e. The Morgan fingerprint density at radius 1 is 1.64 bits per heavy atom. The number of carbonyl (C=O) groups is 1. The second kappa shape index (κ2) is 4.16. The molecule has 0 unspecified atom stereocenters. The zero-order chi connectivity index (χ0) is 8.10. The van der Waals surface area contributed by atoms with E-state index in [1.54, 1.807) is 0 Å². The van der Waals surface area contributed by atoms with Gasteiger partial charge in [-0.3, -0.25) is 4.79 Å². The van der Waals surface area contributed by atoms with Gasteiger partial charge in [-0.25, -0.2) is 0 Å². The van der Waals surface area contributed by atoms with Crippen molar-refractivity contribution in [3.8, 4) is 0 Å². The van der Waals surface area contributed by atoms with Crippen LogP contribution in [0.15, 0.2) is 11.6 Å². The van der Waals surface area contributed by atoms with Crippen molar-refractivity contribution in [2.75, 3.05) is 6.61 Å². The van der Waals surface area contributed by atoms with E-state index in [9.17, 15) is 4.79 Å². The molecule has 0 spiro atoms. The van der Waals surface area contributed by atoms with E-state index in [0.29, 0.717) is 13.0 Å². The standard InChI is InChI=1S/C9H14O2/c1-2-11-9(10)5-3-4-8-6-7-8/h4H,2-3,5-7H2,1H3. The highest BCUT2D eigenvalue weighted by Gasteiger charge is 2.09. The molecule has 1 rings (SSSR count). The van der Waals surface area contributed by atoms with E-state index in [0.717, 1.165) is 6.42 Å². The molecule has 1 aliphatic rings. The van der Waals surface area contributed by atoms with Crippen molar-refractivity contribution in [3.63, 3.8) is 0 Å². The molecule has 62 valence electrons. The van der Waals surface area contributed by atoms with E-state index in [-0.39, 0.29) is 5.97 Å². The first-order valence-electron chi connectivity index (χ1n) is 4.16. The molecule has 0 radical (unpaired) electrons. The topological polar surface area (TPSA) is 26.3 Å². The van der Waals surface area contributed by atoms with Crippen molar-refractivity contribution in [3.05, 3.63) is 11.6 Å². The third-order valence-electron chi connectivity index (χ3n) is 1.63. The summed E-state index contributed by atoms with van der Waals surface area (Å²) in [6.07, 6.45) is 6.02. The normalized spacial score (nSPS) is 14.5. The Labute approximate surface area is 67.2 Å². The fraction of sp³-hybridized carbons (Fsp3) is 0.667. The lowest BCUT2D eigenvalue weighted by Crippen LogP contribution is -2.02. The quantitative estimate of drug-likeness (QED) is 0.457. The Balaban J connectivity index is 2.01. The molecule has 0 aliphatic heterocycles. The molecule has 0 N–H and O–H groups in total. The summed E-state index contributed by atoms with van der Waals surface area (Å²) < 4.78 is 4.78. The van der Waals surface area contributed by atoms with Crippen LogP contribution in [0.2, 0.25) is 0 Å². The van der Waals surface area contributed by atoms with Gasteiger partial charge in [-0.1, -0.05) is 11.6 Å². The summed E-state index contributed by atoms with van der Waals surface area (Å²) in [5, 5.41) is 0. The zero-order valence-electron chi connectivity index (χ0n) is 6.93. The molecule has 1 aliphatic carbocycles. The minimum Gasteiger partial charge on any atom is -0.466 e. The van der Waals surface area contributed by atoms with Crippen LogP contribution in [0.4, 0.5) is 0 Å². The van der Waals surface area contributed by atoms with E-state index in [4.69, 9.17) is 4.74 Å². The molecule has 0 aromatic rings. The molecule has 0 aromatic carbocycles. The molecule has 0 atom stereocenters. The molecule has 0 aromatic heterocycles. The number of esters is 1. The molecule has 11 heavy (non-hydrogen) atoms. The number of ether oxygens (including phenoxy) is 1.